The van der Waals surface area contributed by atoms with Gasteiger partial charge in [-0.1, -0.05) is 6.92 Å². The van der Waals surface area contributed by atoms with Crippen molar-refractivity contribution in [2.75, 3.05) is 0 Å². The lowest BCUT2D eigenvalue weighted by Gasteiger charge is -2.46. The summed E-state index contributed by atoms with van der Waals surface area (Å²) in [6, 6.07) is -0.177. The van der Waals surface area contributed by atoms with Crippen LogP contribution in [-0.4, -0.2) is 39.1 Å². The minimum absolute atomic E-state index is 0.00611. The molecular formula is C10H13NO4. The largest absolute Gasteiger partial charge is 0.477 e. The van der Waals surface area contributed by atoms with E-state index in [4.69, 9.17) is 5.11 Å². The molecule has 2 N–H and O–H groups in total. The number of amides is 1. The first-order valence-electron chi connectivity index (χ1n) is 4.91. The van der Waals surface area contributed by atoms with Crippen LogP contribution < -0.4 is 0 Å². The summed E-state index contributed by atoms with van der Waals surface area (Å²) in [4.78, 5) is 23.7. The lowest BCUT2D eigenvalue weighted by molar-refractivity contribution is -0.163. The summed E-state index contributed by atoms with van der Waals surface area (Å²) in [5.74, 6) is -1.82. The fourth-order valence-corrected chi connectivity index (χ4v) is 2.47. The Morgan fingerprint density at radius 3 is 2.67 bits per heavy atom. The summed E-state index contributed by atoms with van der Waals surface area (Å²) in [6.07, 6.45) is 0.857. The molecule has 0 saturated carbocycles. The third kappa shape index (κ3) is 1.19. The molecular weight excluding hydrogens is 198 g/mol. The molecule has 1 fully saturated rings. The minimum Gasteiger partial charge on any atom is -0.477 e. The summed E-state index contributed by atoms with van der Waals surface area (Å²) < 4.78 is 0. The number of nitrogens with zero attached hydrogens (tertiary/aromatic N) is 1. The number of hydrogen-bond donors (Lipinski definition) is 2. The molecule has 0 radical (unpaired) electrons. The molecule has 0 aromatic carbocycles. The molecule has 0 bridgehead atoms. The van der Waals surface area contributed by atoms with Gasteiger partial charge in [-0.25, -0.2) is 4.79 Å². The third-order valence-corrected chi connectivity index (χ3v) is 3.15. The third-order valence-electron chi connectivity index (χ3n) is 3.15. The van der Waals surface area contributed by atoms with Gasteiger partial charge in [-0.3, -0.25) is 4.79 Å². The van der Waals surface area contributed by atoms with E-state index in [1.807, 2.05) is 6.92 Å². The number of aliphatic hydroxyl groups excluding tert-OH is 1. The molecule has 82 valence electrons. The highest BCUT2D eigenvalue weighted by atomic mass is 16.4. The molecule has 0 spiro atoms. The van der Waals surface area contributed by atoms with Gasteiger partial charge in [0, 0.05) is 0 Å². The molecule has 2 aliphatic heterocycles. The number of aliphatic hydroxyl groups is 1. The maximum absolute atomic E-state index is 11.6. The number of rotatable bonds is 2. The maximum Gasteiger partial charge on any atom is 0.352 e. The van der Waals surface area contributed by atoms with Crippen molar-refractivity contribution in [1.82, 2.24) is 4.90 Å². The lowest BCUT2D eigenvalue weighted by atomic mass is 9.79. The van der Waals surface area contributed by atoms with Gasteiger partial charge in [0.25, 0.3) is 0 Å². The molecule has 0 aromatic rings. The Morgan fingerprint density at radius 2 is 2.20 bits per heavy atom. The number of carboxylic acid groups (broad SMARTS) is 1. The molecule has 0 aliphatic carbocycles. The van der Waals surface area contributed by atoms with Crippen molar-refractivity contribution in [3.8, 4) is 0 Å². The van der Waals surface area contributed by atoms with Crippen molar-refractivity contribution in [3.63, 3.8) is 0 Å². The summed E-state index contributed by atoms with van der Waals surface area (Å²) >= 11 is 0. The van der Waals surface area contributed by atoms with Crippen LogP contribution in [0.25, 0.3) is 0 Å². The topological polar surface area (TPSA) is 77.8 Å². The molecule has 5 nitrogen and oxygen atoms in total. The zero-order valence-corrected chi connectivity index (χ0v) is 8.54. The Balaban J connectivity index is 2.26. The monoisotopic (exact) mass is 211 g/mol. The molecule has 2 heterocycles. The van der Waals surface area contributed by atoms with E-state index >= 15 is 0 Å². The van der Waals surface area contributed by atoms with Crippen LogP contribution in [-0.2, 0) is 9.59 Å². The first-order valence-corrected chi connectivity index (χ1v) is 4.91. The highest BCUT2D eigenvalue weighted by Gasteiger charge is 2.57. The van der Waals surface area contributed by atoms with E-state index < -0.39 is 18.0 Å². The van der Waals surface area contributed by atoms with Gasteiger partial charge in [0.05, 0.1) is 18.1 Å². The SMILES string of the molecule is C[C@@H]1C=C(C(=O)O)N2C(=O)[C@H]([C@@H](C)O)[C@H]12. The van der Waals surface area contributed by atoms with Gasteiger partial charge in [-0.15, -0.1) is 0 Å². The number of hydrogen-bond acceptors (Lipinski definition) is 3. The van der Waals surface area contributed by atoms with Gasteiger partial charge >= 0.3 is 5.97 Å². The second kappa shape index (κ2) is 3.06. The quantitative estimate of drug-likeness (QED) is 0.621. The normalized spacial score (nSPS) is 35.7. The van der Waals surface area contributed by atoms with Crippen molar-refractivity contribution in [2.24, 2.45) is 11.8 Å². The minimum atomic E-state index is -1.08. The molecule has 1 amide bonds. The highest BCUT2D eigenvalue weighted by molar-refractivity contribution is 5.99. The number of β-lactam (4-membered cyclic amide) rings is 1. The number of fused-ring (bicyclic) bond motifs is 1. The first kappa shape index (κ1) is 10.2. The van der Waals surface area contributed by atoms with Gasteiger partial charge in [0.15, 0.2) is 0 Å². The van der Waals surface area contributed by atoms with Gasteiger partial charge in [0.1, 0.15) is 5.70 Å². The van der Waals surface area contributed by atoms with Gasteiger partial charge in [-0.2, -0.15) is 0 Å². The van der Waals surface area contributed by atoms with E-state index in [0.29, 0.717) is 0 Å². The Bertz CT molecular complexity index is 360. The maximum atomic E-state index is 11.6. The van der Waals surface area contributed by atoms with Crippen LogP contribution in [0.4, 0.5) is 0 Å². The van der Waals surface area contributed by atoms with E-state index in [1.165, 1.54) is 4.90 Å². The Labute approximate surface area is 87.0 Å². The molecule has 4 atom stereocenters. The van der Waals surface area contributed by atoms with Crippen molar-refractivity contribution >= 4 is 11.9 Å². The first-order chi connectivity index (χ1) is 6.95. The van der Waals surface area contributed by atoms with E-state index in [0.717, 1.165) is 0 Å². The Kier molecular flexibility index (Phi) is 2.08. The molecule has 0 unspecified atom stereocenters. The number of carbonyl (C=O) groups is 2. The van der Waals surface area contributed by atoms with Crippen molar-refractivity contribution < 1.29 is 19.8 Å². The van der Waals surface area contributed by atoms with Crippen LogP contribution >= 0.6 is 0 Å². The van der Waals surface area contributed by atoms with Gasteiger partial charge < -0.3 is 15.1 Å². The van der Waals surface area contributed by atoms with E-state index in [9.17, 15) is 14.7 Å². The Hall–Kier alpha value is -1.36. The van der Waals surface area contributed by atoms with Gasteiger partial charge in [0.2, 0.25) is 5.91 Å². The van der Waals surface area contributed by atoms with Gasteiger partial charge in [-0.05, 0) is 18.9 Å². The van der Waals surface area contributed by atoms with E-state index in [2.05, 4.69) is 0 Å². The predicted molar refractivity (Wildman–Crippen MR) is 50.7 cm³/mol. The predicted octanol–water partition coefficient (Wildman–Crippen LogP) is -0.188. The molecule has 1 saturated heterocycles. The molecule has 2 rings (SSSR count). The van der Waals surface area contributed by atoms with Crippen LogP contribution in [0.2, 0.25) is 0 Å². The summed E-state index contributed by atoms with van der Waals surface area (Å²) in [7, 11) is 0. The van der Waals surface area contributed by atoms with E-state index in [-0.39, 0.29) is 23.6 Å². The molecule has 5 heteroatoms. The zero-order chi connectivity index (χ0) is 11.3. The second-order valence-electron chi connectivity index (χ2n) is 4.18. The average Bonchev–Trinajstić information content (AvgIpc) is 2.38. The number of carbonyl (C=O) groups excluding carboxylic acids is 1. The van der Waals surface area contributed by atoms with Crippen LogP contribution in [0.1, 0.15) is 13.8 Å². The molecule has 0 aromatic heterocycles. The van der Waals surface area contributed by atoms with E-state index in [1.54, 1.807) is 13.0 Å². The molecule has 15 heavy (non-hydrogen) atoms. The van der Waals surface area contributed by atoms with Crippen LogP contribution in [0.3, 0.4) is 0 Å². The van der Waals surface area contributed by atoms with Crippen molar-refractivity contribution in [2.45, 2.75) is 26.0 Å². The van der Waals surface area contributed by atoms with Crippen LogP contribution in [0.15, 0.2) is 11.8 Å². The summed E-state index contributed by atoms with van der Waals surface area (Å²) in [6.45, 7) is 3.42. The lowest BCUT2D eigenvalue weighted by Crippen LogP contribution is -2.63. The fourth-order valence-electron chi connectivity index (χ4n) is 2.47. The van der Waals surface area contributed by atoms with Crippen LogP contribution in [0.5, 0.6) is 0 Å². The standard InChI is InChI=1S/C10H13NO4/c1-4-3-6(10(14)15)11-8(4)7(5(2)12)9(11)13/h3-5,7-8,12H,1-2H3,(H,14,15)/t4-,5-,7-,8+/m1/s1. The fraction of sp³-hybridized carbons (Fsp3) is 0.600. The second-order valence-corrected chi connectivity index (χ2v) is 4.18. The van der Waals surface area contributed by atoms with Crippen molar-refractivity contribution in [3.05, 3.63) is 11.8 Å². The Morgan fingerprint density at radius 1 is 1.60 bits per heavy atom. The molecule has 2 aliphatic rings. The number of aliphatic carboxylic acids is 1. The summed E-state index contributed by atoms with van der Waals surface area (Å²) in [5, 5.41) is 18.3. The van der Waals surface area contributed by atoms with Crippen molar-refractivity contribution in [1.29, 1.82) is 0 Å². The average molecular weight is 211 g/mol. The zero-order valence-electron chi connectivity index (χ0n) is 8.54. The van der Waals surface area contributed by atoms with Crippen LogP contribution in [0, 0.1) is 11.8 Å². The smallest absolute Gasteiger partial charge is 0.352 e. The number of carboxylic acids is 1. The highest BCUT2D eigenvalue weighted by Crippen LogP contribution is 2.43. The summed E-state index contributed by atoms with van der Waals surface area (Å²) in [5.41, 5.74) is 0.0504.